The van der Waals surface area contributed by atoms with E-state index in [-0.39, 0.29) is 32.2 Å². The summed E-state index contributed by atoms with van der Waals surface area (Å²) < 4.78 is 22.9. The van der Waals surface area contributed by atoms with Crippen molar-refractivity contribution in [2.75, 3.05) is 47.5 Å². The number of carboxylic acids is 1. The van der Waals surface area contributed by atoms with Crippen LogP contribution in [0.2, 0.25) is 0 Å². The molecule has 542 valence electrons. The molecule has 0 spiro atoms. The second-order valence-electron chi connectivity index (χ2n) is 29.8. The van der Waals surface area contributed by atoms with Crippen LogP contribution in [-0.2, 0) is 33.3 Å². The minimum absolute atomic E-state index is 0.154. The lowest BCUT2D eigenvalue weighted by Gasteiger charge is -2.26. The maximum atomic E-state index is 13.0. The van der Waals surface area contributed by atoms with E-state index in [2.05, 4.69) is 13.8 Å². The van der Waals surface area contributed by atoms with Gasteiger partial charge in [-0.3, -0.25) is 9.59 Å². The van der Waals surface area contributed by atoms with Gasteiger partial charge in [0.15, 0.2) is 12.4 Å². The first kappa shape index (κ1) is 89.3. The number of rotatable bonds is 79. The summed E-state index contributed by atoms with van der Waals surface area (Å²) in [6.07, 6.45) is 88.3. The zero-order chi connectivity index (χ0) is 66.1. The van der Waals surface area contributed by atoms with Crippen LogP contribution in [0.25, 0.3) is 0 Å². The summed E-state index contributed by atoms with van der Waals surface area (Å²) in [6, 6.07) is 0. The average molecular weight is 1290 g/mol. The van der Waals surface area contributed by atoms with Gasteiger partial charge < -0.3 is 33.3 Å². The van der Waals surface area contributed by atoms with Crippen LogP contribution in [-0.4, -0.2) is 82.3 Å². The molecule has 0 aliphatic heterocycles. The van der Waals surface area contributed by atoms with Gasteiger partial charge in [0.2, 0.25) is 0 Å². The van der Waals surface area contributed by atoms with Crippen molar-refractivity contribution in [3.8, 4) is 0 Å². The van der Waals surface area contributed by atoms with E-state index in [4.69, 9.17) is 18.9 Å². The minimum atomic E-state index is -1.62. The van der Waals surface area contributed by atoms with Gasteiger partial charge in [-0.2, -0.15) is 0 Å². The Labute approximate surface area is 568 Å². The van der Waals surface area contributed by atoms with Crippen LogP contribution in [0.5, 0.6) is 0 Å². The number of carbonyl (C=O) groups excluding carboxylic acids is 3. The van der Waals surface area contributed by atoms with E-state index in [0.29, 0.717) is 17.4 Å². The molecule has 0 aromatic heterocycles. The summed E-state index contributed by atoms with van der Waals surface area (Å²) in [5, 5.41) is 11.9. The Bertz CT molecular complexity index is 1450. The van der Waals surface area contributed by atoms with Gasteiger partial charge in [0, 0.05) is 12.8 Å². The number of likely N-dealkylation sites (N-methyl/N-ethyl adjacent to an activating group) is 1. The number of nitrogens with zero attached hydrogens (tertiary/aromatic N) is 1. The highest BCUT2D eigenvalue weighted by molar-refractivity contribution is 5.70. The van der Waals surface area contributed by atoms with Gasteiger partial charge in [-0.1, -0.05) is 425 Å². The van der Waals surface area contributed by atoms with Crippen molar-refractivity contribution >= 4 is 17.9 Å². The maximum absolute atomic E-state index is 13.0. The van der Waals surface area contributed by atoms with Crippen molar-refractivity contribution in [3.63, 3.8) is 0 Å². The second-order valence-corrected chi connectivity index (χ2v) is 29.8. The molecular formula is C82H161NO8. The topological polar surface area (TPSA) is 111 Å². The van der Waals surface area contributed by atoms with Crippen molar-refractivity contribution in [2.45, 2.75) is 463 Å². The fourth-order valence-electron chi connectivity index (χ4n) is 13.1. The summed E-state index contributed by atoms with van der Waals surface area (Å²) in [7, 11) is 5.96. The van der Waals surface area contributed by atoms with E-state index in [9.17, 15) is 19.5 Å². The van der Waals surface area contributed by atoms with Crippen LogP contribution in [0, 0.1) is 0 Å². The van der Waals surface area contributed by atoms with Gasteiger partial charge >= 0.3 is 11.9 Å². The lowest BCUT2D eigenvalue weighted by molar-refractivity contribution is -0.870. The molecule has 0 saturated carbocycles. The van der Waals surface area contributed by atoms with E-state index in [1.54, 1.807) is 0 Å². The summed E-state index contributed by atoms with van der Waals surface area (Å²) in [5.41, 5.74) is 0. The van der Waals surface area contributed by atoms with Crippen LogP contribution in [0.15, 0.2) is 0 Å². The van der Waals surface area contributed by atoms with Crippen LogP contribution >= 0.6 is 0 Å². The van der Waals surface area contributed by atoms with E-state index < -0.39 is 24.3 Å². The predicted octanol–water partition coefficient (Wildman–Crippen LogP) is 24.8. The minimum Gasteiger partial charge on any atom is -0.545 e. The van der Waals surface area contributed by atoms with Crippen LogP contribution in [0.3, 0.4) is 0 Å². The first-order chi connectivity index (χ1) is 44.6. The van der Waals surface area contributed by atoms with Gasteiger partial charge in [-0.15, -0.1) is 0 Å². The molecule has 0 heterocycles. The molecule has 9 nitrogen and oxygen atoms in total. The zero-order valence-electron chi connectivity index (χ0n) is 62.3. The highest BCUT2D eigenvalue weighted by Gasteiger charge is 2.22. The molecule has 2 unspecified atom stereocenters. The molecular weight excluding hydrogens is 1130 g/mol. The lowest BCUT2D eigenvalue weighted by atomic mass is 10.0. The van der Waals surface area contributed by atoms with E-state index >= 15 is 0 Å². The zero-order valence-corrected chi connectivity index (χ0v) is 62.3. The molecule has 0 amide bonds. The SMILES string of the molecule is CCCCCCCCCCCCCCCCCCCCCCCCCCCCCCCCCCCCCCCCCCCC(=O)OC(COC(=O)CCCCCCCCCCCCCCCCCCCCCCCCCCC)COC(OCC[N+](C)(C)C)C(=O)[O-]. The molecule has 0 aliphatic carbocycles. The number of esters is 2. The summed E-state index contributed by atoms with van der Waals surface area (Å²) in [6.45, 7) is 4.86. The fraction of sp³-hybridized carbons (Fsp3) is 0.963. The number of ether oxygens (including phenoxy) is 4. The van der Waals surface area contributed by atoms with E-state index in [1.165, 1.54) is 385 Å². The van der Waals surface area contributed by atoms with Crippen LogP contribution < -0.4 is 5.11 Å². The van der Waals surface area contributed by atoms with Crippen molar-refractivity contribution < 1.29 is 42.9 Å². The monoisotopic (exact) mass is 1290 g/mol. The Hall–Kier alpha value is -1.71. The molecule has 0 aliphatic rings. The third kappa shape index (κ3) is 75.5. The van der Waals surface area contributed by atoms with Gasteiger partial charge in [0.05, 0.1) is 40.3 Å². The molecule has 0 saturated heterocycles. The Morgan fingerprint density at radius 3 is 0.703 bits per heavy atom. The smallest absolute Gasteiger partial charge is 0.306 e. The third-order valence-electron chi connectivity index (χ3n) is 19.4. The molecule has 9 heteroatoms. The first-order valence-corrected chi connectivity index (χ1v) is 41.2. The molecule has 0 N–H and O–H groups in total. The maximum Gasteiger partial charge on any atom is 0.306 e. The number of carbonyl (C=O) groups is 3. The van der Waals surface area contributed by atoms with Crippen molar-refractivity contribution in [1.29, 1.82) is 0 Å². The number of hydrogen-bond acceptors (Lipinski definition) is 8. The predicted molar refractivity (Wildman–Crippen MR) is 390 cm³/mol. The molecule has 0 rings (SSSR count). The van der Waals surface area contributed by atoms with Gasteiger partial charge in [0.1, 0.15) is 13.2 Å². The van der Waals surface area contributed by atoms with E-state index in [0.717, 1.165) is 38.5 Å². The molecule has 0 aromatic rings. The van der Waals surface area contributed by atoms with Gasteiger partial charge in [0.25, 0.3) is 0 Å². The third-order valence-corrected chi connectivity index (χ3v) is 19.4. The quantitative estimate of drug-likeness (QED) is 0.0256. The average Bonchev–Trinajstić information content (AvgIpc) is 3.53. The van der Waals surface area contributed by atoms with Crippen LogP contribution in [0.4, 0.5) is 0 Å². The lowest BCUT2D eigenvalue weighted by Crippen LogP contribution is -2.44. The number of hydrogen-bond donors (Lipinski definition) is 0. The largest absolute Gasteiger partial charge is 0.545 e. The summed E-state index contributed by atoms with van der Waals surface area (Å²) >= 11 is 0. The molecule has 0 aromatic carbocycles. The van der Waals surface area contributed by atoms with Gasteiger partial charge in [-0.25, -0.2) is 0 Å². The van der Waals surface area contributed by atoms with Gasteiger partial charge in [-0.05, 0) is 12.8 Å². The molecule has 2 atom stereocenters. The Kier molecular flexibility index (Phi) is 72.7. The second kappa shape index (κ2) is 74.1. The molecule has 0 fully saturated rings. The number of unbranched alkanes of at least 4 members (excludes halogenated alkanes) is 64. The number of quaternary nitrogens is 1. The number of aliphatic carboxylic acids is 1. The molecule has 91 heavy (non-hydrogen) atoms. The molecule has 0 radical (unpaired) electrons. The number of carboxylic acid groups (broad SMARTS) is 1. The Morgan fingerprint density at radius 1 is 0.286 bits per heavy atom. The standard InChI is InChI=1S/C82H161NO8/c1-6-8-10-12-14-16-18-20-22-24-26-28-30-32-33-34-35-36-37-38-39-40-41-42-43-44-45-46-47-49-51-53-55-57-59-61-63-65-67-69-71-73-80(85)91-78(77-90-82(81(86)87)88-75-74-83(3,4)5)76-89-79(84)72-70-68-66-64-62-60-58-56-54-52-50-48-31-29-27-25-23-21-19-17-15-13-11-9-7-2/h78,82H,6-77H2,1-5H3. The van der Waals surface area contributed by atoms with E-state index in [1.807, 2.05) is 21.1 Å². The van der Waals surface area contributed by atoms with Crippen molar-refractivity contribution in [1.82, 2.24) is 0 Å². The van der Waals surface area contributed by atoms with Crippen molar-refractivity contribution in [2.24, 2.45) is 0 Å². The highest BCUT2D eigenvalue weighted by atomic mass is 16.7. The Balaban J connectivity index is 3.89. The molecule has 0 bridgehead atoms. The fourth-order valence-corrected chi connectivity index (χ4v) is 13.1. The highest BCUT2D eigenvalue weighted by Crippen LogP contribution is 2.21. The Morgan fingerprint density at radius 2 is 0.495 bits per heavy atom. The first-order valence-electron chi connectivity index (χ1n) is 41.2. The normalized spacial score (nSPS) is 12.5. The summed E-state index contributed by atoms with van der Waals surface area (Å²) in [4.78, 5) is 37.6. The van der Waals surface area contributed by atoms with Crippen molar-refractivity contribution in [3.05, 3.63) is 0 Å². The van der Waals surface area contributed by atoms with Crippen LogP contribution in [0.1, 0.15) is 450 Å². The summed E-state index contributed by atoms with van der Waals surface area (Å²) in [5.74, 6) is -2.24.